The second-order valence-electron chi connectivity index (χ2n) is 4.87. The molecule has 4 heteroatoms. The number of thiophene rings is 1. The fraction of sp³-hybridized carbons (Fsp3) is 0.267. The molecule has 0 radical (unpaired) electrons. The number of aryl methyl sites for hydroxylation is 1. The van der Waals surface area contributed by atoms with Crippen molar-refractivity contribution >= 4 is 28.6 Å². The summed E-state index contributed by atoms with van der Waals surface area (Å²) in [5, 5.41) is 3.94. The van der Waals surface area contributed by atoms with Crippen molar-refractivity contribution < 1.29 is 4.79 Å². The lowest BCUT2D eigenvalue weighted by atomic mass is 9.99. The van der Waals surface area contributed by atoms with Crippen molar-refractivity contribution in [2.24, 2.45) is 0 Å². The highest BCUT2D eigenvalue weighted by atomic mass is 32.1. The van der Waals surface area contributed by atoms with E-state index in [1.54, 1.807) is 11.3 Å². The molecule has 0 atom stereocenters. The van der Waals surface area contributed by atoms with E-state index in [-0.39, 0.29) is 5.91 Å². The number of amides is 1. The van der Waals surface area contributed by atoms with Crippen molar-refractivity contribution in [2.75, 3.05) is 17.2 Å². The molecular weight excluding hydrogens is 256 g/mol. The third-order valence-corrected chi connectivity index (χ3v) is 4.48. The topological polar surface area (TPSA) is 46.3 Å². The molecular formula is C15H16N2OS. The Morgan fingerprint density at radius 1 is 1.37 bits per heavy atom. The van der Waals surface area contributed by atoms with E-state index in [0.29, 0.717) is 0 Å². The normalized spacial score (nSPS) is 14.3. The molecule has 3 rings (SSSR count). The Morgan fingerprint density at radius 3 is 2.95 bits per heavy atom. The zero-order valence-electron chi connectivity index (χ0n) is 10.8. The van der Waals surface area contributed by atoms with Gasteiger partial charge in [0, 0.05) is 23.3 Å². The van der Waals surface area contributed by atoms with Crippen LogP contribution < -0.4 is 10.6 Å². The molecule has 2 N–H and O–H groups in total. The molecule has 0 unspecified atom stereocenters. The smallest absolute Gasteiger partial charge is 0.259 e. The summed E-state index contributed by atoms with van der Waals surface area (Å²) in [7, 11) is 0. The van der Waals surface area contributed by atoms with E-state index in [1.165, 1.54) is 0 Å². The largest absolute Gasteiger partial charge is 0.398 e. The summed E-state index contributed by atoms with van der Waals surface area (Å²) in [6.45, 7) is 2.75. The van der Waals surface area contributed by atoms with Crippen molar-refractivity contribution in [2.45, 2.75) is 19.8 Å². The first-order chi connectivity index (χ1) is 9.18. The molecule has 1 aliphatic heterocycles. The summed E-state index contributed by atoms with van der Waals surface area (Å²) in [6, 6.07) is 5.81. The summed E-state index contributed by atoms with van der Waals surface area (Å²) in [4.78, 5) is 14.5. The van der Waals surface area contributed by atoms with E-state index in [2.05, 4.69) is 0 Å². The third kappa shape index (κ3) is 2.02. The van der Waals surface area contributed by atoms with Crippen LogP contribution >= 0.6 is 11.3 Å². The van der Waals surface area contributed by atoms with E-state index in [9.17, 15) is 4.79 Å². The van der Waals surface area contributed by atoms with Crippen LogP contribution in [0.3, 0.4) is 0 Å². The predicted molar refractivity (Wildman–Crippen MR) is 79.9 cm³/mol. The highest BCUT2D eigenvalue weighted by Crippen LogP contribution is 2.32. The average molecular weight is 272 g/mol. The van der Waals surface area contributed by atoms with Crippen LogP contribution in [-0.2, 0) is 6.42 Å². The number of nitrogens with two attached hydrogens (primary N) is 1. The number of rotatable bonds is 1. The number of hydrogen-bond donors (Lipinski definition) is 1. The highest BCUT2D eigenvalue weighted by Gasteiger charge is 2.25. The molecule has 1 aliphatic rings. The van der Waals surface area contributed by atoms with Gasteiger partial charge in [0.05, 0.1) is 5.56 Å². The van der Waals surface area contributed by atoms with Crippen molar-refractivity contribution in [3.8, 4) is 0 Å². The zero-order chi connectivity index (χ0) is 13.4. The van der Waals surface area contributed by atoms with Gasteiger partial charge in [0.15, 0.2) is 0 Å². The first kappa shape index (κ1) is 12.2. The minimum Gasteiger partial charge on any atom is -0.398 e. The monoisotopic (exact) mass is 272 g/mol. The van der Waals surface area contributed by atoms with Crippen molar-refractivity contribution in [1.29, 1.82) is 0 Å². The van der Waals surface area contributed by atoms with Gasteiger partial charge in [-0.3, -0.25) is 4.79 Å². The van der Waals surface area contributed by atoms with Gasteiger partial charge in [-0.05, 0) is 48.4 Å². The fourth-order valence-electron chi connectivity index (χ4n) is 2.59. The van der Waals surface area contributed by atoms with Gasteiger partial charge in [0.25, 0.3) is 5.91 Å². The zero-order valence-corrected chi connectivity index (χ0v) is 11.7. The molecule has 0 fully saturated rings. The minimum atomic E-state index is 0.0882. The first-order valence-corrected chi connectivity index (χ1v) is 7.35. The Bertz CT molecular complexity index is 633. The second kappa shape index (κ2) is 4.70. The van der Waals surface area contributed by atoms with Gasteiger partial charge in [0.1, 0.15) is 0 Å². The SMILES string of the molecule is Cc1cscc1C(=O)N1CCCc2c(N)cccc21. The van der Waals surface area contributed by atoms with Gasteiger partial charge in [-0.15, -0.1) is 0 Å². The molecule has 0 saturated carbocycles. The molecule has 0 aliphatic carbocycles. The number of benzene rings is 1. The third-order valence-electron chi connectivity index (χ3n) is 3.62. The van der Waals surface area contributed by atoms with Gasteiger partial charge in [-0.2, -0.15) is 11.3 Å². The van der Waals surface area contributed by atoms with Crippen LogP contribution in [0.25, 0.3) is 0 Å². The highest BCUT2D eigenvalue weighted by molar-refractivity contribution is 7.08. The van der Waals surface area contributed by atoms with Crippen molar-refractivity contribution in [1.82, 2.24) is 0 Å². The predicted octanol–water partition coefficient (Wildman–Crippen LogP) is 3.23. The second-order valence-corrected chi connectivity index (χ2v) is 5.62. The molecule has 2 aromatic rings. The van der Waals surface area contributed by atoms with Crippen LogP contribution in [0.1, 0.15) is 27.9 Å². The number of carbonyl (C=O) groups is 1. The van der Waals surface area contributed by atoms with E-state index in [4.69, 9.17) is 5.73 Å². The van der Waals surface area contributed by atoms with Gasteiger partial charge in [-0.25, -0.2) is 0 Å². The Kier molecular flexibility index (Phi) is 3.03. The number of anilines is 2. The van der Waals surface area contributed by atoms with E-state index >= 15 is 0 Å². The molecule has 19 heavy (non-hydrogen) atoms. The molecule has 1 aromatic carbocycles. The number of carbonyl (C=O) groups excluding carboxylic acids is 1. The van der Waals surface area contributed by atoms with Gasteiger partial charge in [0.2, 0.25) is 0 Å². The molecule has 3 nitrogen and oxygen atoms in total. The van der Waals surface area contributed by atoms with Gasteiger partial charge in [-0.1, -0.05) is 6.07 Å². The Morgan fingerprint density at radius 2 is 2.21 bits per heavy atom. The van der Waals surface area contributed by atoms with Gasteiger partial charge < -0.3 is 10.6 Å². The van der Waals surface area contributed by atoms with Crippen LogP contribution in [0.5, 0.6) is 0 Å². The average Bonchev–Trinajstić information content (AvgIpc) is 2.84. The van der Waals surface area contributed by atoms with Crippen LogP contribution in [0.4, 0.5) is 11.4 Å². The van der Waals surface area contributed by atoms with E-state index in [0.717, 1.165) is 47.5 Å². The van der Waals surface area contributed by atoms with Crippen LogP contribution in [0.2, 0.25) is 0 Å². The van der Waals surface area contributed by atoms with Crippen LogP contribution in [0, 0.1) is 6.92 Å². The summed E-state index contributed by atoms with van der Waals surface area (Å²) in [5.41, 5.74) is 10.7. The first-order valence-electron chi connectivity index (χ1n) is 6.40. The lowest BCUT2D eigenvalue weighted by Crippen LogP contribution is -2.35. The van der Waals surface area contributed by atoms with Crippen molar-refractivity contribution in [3.05, 3.63) is 45.6 Å². The van der Waals surface area contributed by atoms with Gasteiger partial charge >= 0.3 is 0 Å². The number of hydrogen-bond acceptors (Lipinski definition) is 3. The summed E-state index contributed by atoms with van der Waals surface area (Å²) < 4.78 is 0. The maximum absolute atomic E-state index is 12.6. The summed E-state index contributed by atoms with van der Waals surface area (Å²) in [6.07, 6.45) is 1.92. The Hall–Kier alpha value is -1.81. The number of nitrogens with zero attached hydrogens (tertiary/aromatic N) is 1. The molecule has 1 aromatic heterocycles. The Labute approximate surface area is 116 Å². The molecule has 0 saturated heterocycles. The maximum Gasteiger partial charge on any atom is 0.259 e. The summed E-state index contributed by atoms with van der Waals surface area (Å²) in [5.74, 6) is 0.0882. The quantitative estimate of drug-likeness (QED) is 0.810. The van der Waals surface area contributed by atoms with E-state index < -0.39 is 0 Å². The molecule has 0 bridgehead atoms. The van der Waals surface area contributed by atoms with Crippen LogP contribution in [-0.4, -0.2) is 12.5 Å². The lowest BCUT2D eigenvalue weighted by Gasteiger charge is -2.30. The molecule has 2 heterocycles. The Balaban J connectivity index is 2.03. The number of fused-ring (bicyclic) bond motifs is 1. The standard InChI is InChI=1S/C15H16N2OS/c1-10-8-19-9-12(10)15(18)17-7-3-4-11-13(16)5-2-6-14(11)17/h2,5-6,8-9H,3-4,7,16H2,1H3. The molecule has 0 spiro atoms. The van der Waals surface area contributed by atoms with E-state index in [1.807, 2.05) is 40.8 Å². The number of nitrogen functional groups attached to an aromatic ring is 1. The fourth-order valence-corrected chi connectivity index (χ4v) is 3.41. The summed E-state index contributed by atoms with van der Waals surface area (Å²) >= 11 is 1.57. The van der Waals surface area contributed by atoms with Crippen molar-refractivity contribution in [3.63, 3.8) is 0 Å². The lowest BCUT2D eigenvalue weighted by molar-refractivity contribution is 0.0985. The van der Waals surface area contributed by atoms with Crippen LogP contribution in [0.15, 0.2) is 29.0 Å². The minimum absolute atomic E-state index is 0.0882. The molecule has 1 amide bonds. The molecule has 98 valence electrons. The maximum atomic E-state index is 12.6.